The van der Waals surface area contributed by atoms with Crippen LogP contribution in [0.3, 0.4) is 0 Å². The van der Waals surface area contributed by atoms with Crippen LogP contribution in [0.15, 0.2) is 22.0 Å². The highest BCUT2D eigenvalue weighted by atomic mass is 79.9. The van der Waals surface area contributed by atoms with Crippen molar-refractivity contribution in [2.75, 3.05) is 5.75 Å². The minimum Gasteiger partial charge on any atom is -0.334 e. The van der Waals surface area contributed by atoms with E-state index in [0.717, 1.165) is 9.35 Å². The topological polar surface area (TPSA) is 86.5 Å². The van der Waals surface area contributed by atoms with Crippen molar-refractivity contribution in [1.82, 2.24) is 0 Å². The van der Waals surface area contributed by atoms with Gasteiger partial charge >= 0.3 is 16.2 Å². The molecule has 1 rings (SSSR count). The summed E-state index contributed by atoms with van der Waals surface area (Å²) in [5, 5.41) is 1.86. The fourth-order valence-corrected chi connectivity index (χ4v) is 2.93. The van der Waals surface area contributed by atoms with Gasteiger partial charge < -0.3 is 9.92 Å². The first-order valence-corrected chi connectivity index (χ1v) is 7.27. The summed E-state index contributed by atoms with van der Waals surface area (Å²) in [6.07, 6.45) is 1.68. The van der Waals surface area contributed by atoms with E-state index in [9.17, 15) is 13.2 Å². The summed E-state index contributed by atoms with van der Waals surface area (Å²) < 4.78 is 27.0. The zero-order valence-electron chi connectivity index (χ0n) is 7.92. The van der Waals surface area contributed by atoms with Crippen LogP contribution in [0.5, 0.6) is 0 Å². The molecule has 0 aliphatic carbocycles. The number of primary amides is 1. The standard InChI is InChI=1S/C8H8BrNO4S2/c9-6-3-4-15-7(6)2-1-5-16(12,13)14-8(10)11/h1-4H,5H2,(H2,10,11). The Morgan fingerprint density at radius 3 is 2.81 bits per heavy atom. The first kappa shape index (κ1) is 13.2. The molecule has 0 saturated carbocycles. The van der Waals surface area contributed by atoms with Gasteiger partial charge in [0.15, 0.2) is 0 Å². The van der Waals surface area contributed by atoms with Crippen molar-refractivity contribution in [1.29, 1.82) is 0 Å². The molecule has 0 aliphatic heterocycles. The Morgan fingerprint density at radius 2 is 2.31 bits per heavy atom. The van der Waals surface area contributed by atoms with Crippen molar-refractivity contribution in [2.24, 2.45) is 5.73 Å². The summed E-state index contributed by atoms with van der Waals surface area (Å²) in [6.45, 7) is 0. The maximum atomic E-state index is 11.1. The van der Waals surface area contributed by atoms with E-state index in [1.165, 1.54) is 17.4 Å². The predicted molar refractivity (Wildman–Crippen MR) is 65.5 cm³/mol. The summed E-state index contributed by atoms with van der Waals surface area (Å²) in [5.74, 6) is -0.403. The zero-order valence-corrected chi connectivity index (χ0v) is 11.1. The molecule has 0 fully saturated rings. The van der Waals surface area contributed by atoms with Gasteiger partial charge in [0.25, 0.3) is 0 Å². The summed E-state index contributed by atoms with van der Waals surface area (Å²) in [7, 11) is -3.92. The Bertz CT molecular complexity index is 506. The first-order chi connectivity index (χ1) is 7.41. The molecule has 1 amide bonds. The molecule has 16 heavy (non-hydrogen) atoms. The molecule has 0 saturated heterocycles. The molecule has 0 spiro atoms. The van der Waals surface area contributed by atoms with Gasteiger partial charge in [-0.2, -0.15) is 8.42 Å². The second kappa shape index (κ2) is 5.46. The van der Waals surface area contributed by atoms with Crippen molar-refractivity contribution in [2.45, 2.75) is 0 Å². The van der Waals surface area contributed by atoms with Gasteiger partial charge in [-0.3, -0.25) is 0 Å². The highest BCUT2D eigenvalue weighted by Crippen LogP contribution is 2.23. The summed E-state index contributed by atoms with van der Waals surface area (Å²) in [4.78, 5) is 11.1. The first-order valence-electron chi connectivity index (χ1n) is 4.02. The molecule has 0 radical (unpaired) electrons. The Hall–Kier alpha value is -0.860. The van der Waals surface area contributed by atoms with Crippen molar-refractivity contribution in [3.63, 3.8) is 0 Å². The van der Waals surface area contributed by atoms with Crippen LogP contribution >= 0.6 is 27.3 Å². The molecule has 0 aromatic carbocycles. The van der Waals surface area contributed by atoms with Crippen LogP contribution in [0.1, 0.15) is 4.88 Å². The number of nitrogens with two attached hydrogens (primary N) is 1. The average Bonchev–Trinajstić information content (AvgIpc) is 2.49. The van der Waals surface area contributed by atoms with E-state index in [2.05, 4.69) is 25.8 Å². The van der Waals surface area contributed by atoms with Crippen LogP contribution in [-0.2, 0) is 14.3 Å². The molecule has 0 unspecified atom stereocenters. The maximum absolute atomic E-state index is 11.1. The number of thiophene rings is 1. The molecule has 0 atom stereocenters. The van der Waals surface area contributed by atoms with E-state index < -0.39 is 22.0 Å². The SMILES string of the molecule is NC(=O)OS(=O)(=O)CC=Cc1sccc1Br. The van der Waals surface area contributed by atoms with Crippen molar-refractivity contribution >= 4 is 49.6 Å². The highest BCUT2D eigenvalue weighted by molar-refractivity contribution is 9.10. The summed E-state index contributed by atoms with van der Waals surface area (Å²) >= 11 is 4.74. The minimum absolute atomic E-state index is 0.403. The van der Waals surface area contributed by atoms with Gasteiger partial charge in [-0.05, 0) is 33.5 Å². The lowest BCUT2D eigenvalue weighted by molar-refractivity contribution is 0.213. The molecule has 8 heteroatoms. The van der Waals surface area contributed by atoms with E-state index >= 15 is 0 Å². The third-order valence-electron chi connectivity index (χ3n) is 1.42. The van der Waals surface area contributed by atoms with Crippen molar-refractivity contribution in [3.05, 3.63) is 26.9 Å². The van der Waals surface area contributed by atoms with Crippen LogP contribution in [0.4, 0.5) is 4.79 Å². The van der Waals surface area contributed by atoms with Gasteiger partial charge in [-0.15, -0.1) is 11.3 Å². The Morgan fingerprint density at radius 1 is 1.62 bits per heavy atom. The van der Waals surface area contributed by atoms with Crippen molar-refractivity contribution in [3.8, 4) is 0 Å². The van der Waals surface area contributed by atoms with E-state index in [1.807, 2.05) is 11.4 Å². The average molecular weight is 326 g/mol. The molecular weight excluding hydrogens is 318 g/mol. The maximum Gasteiger partial charge on any atom is 0.420 e. The Labute approximate surface area is 105 Å². The lowest BCUT2D eigenvalue weighted by atomic mass is 10.4. The lowest BCUT2D eigenvalue weighted by Crippen LogP contribution is -2.20. The minimum atomic E-state index is -3.92. The summed E-state index contributed by atoms with van der Waals surface area (Å²) in [6, 6.07) is 1.85. The van der Waals surface area contributed by atoms with E-state index in [4.69, 9.17) is 0 Å². The fourth-order valence-electron chi connectivity index (χ4n) is 0.857. The third kappa shape index (κ3) is 4.33. The number of rotatable bonds is 4. The number of hydrogen-bond acceptors (Lipinski definition) is 5. The molecule has 1 heterocycles. The molecule has 88 valence electrons. The predicted octanol–water partition coefficient (Wildman–Crippen LogP) is 1.95. The molecule has 5 nitrogen and oxygen atoms in total. The van der Waals surface area contributed by atoms with Gasteiger partial charge in [0, 0.05) is 9.35 Å². The summed E-state index contributed by atoms with van der Waals surface area (Å²) in [5.41, 5.74) is 4.60. The van der Waals surface area contributed by atoms with Gasteiger partial charge in [-0.1, -0.05) is 6.08 Å². The molecule has 1 aromatic rings. The van der Waals surface area contributed by atoms with Crippen LogP contribution in [-0.4, -0.2) is 20.3 Å². The van der Waals surface area contributed by atoms with Crippen molar-refractivity contribution < 1.29 is 17.4 Å². The molecular formula is C8H8BrNO4S2. The highest BCUT2D eigenvalue weighted by Gasteiger charge is 2.12. The molecule has 0 aliphatic rings. The smallest absolute Gasteiger partial charge is 0.334 e. The van der Waals surface area contributed by atoms with E-state index in [-0.39, 0.29) is 0 Å². The second-order valence-corrected chi connectivity index (χ2v) is 6.08. The van der Waals surface area contributed by atoms with Gasteiger partial charge in [0.1, 0.15) is 5.75 Å². The van der Waals surface area contributed by atoms with Gasteiger partial charge in [-0.25, -0.2) is 4.79 Å². The van der Waals surface area contributed by atoms with Crippen LogP contribution < -0.4 is 5.73 Å². The zero-order chi connectivity index (χ0) is 12.2. The van der Waals surface area contributed by atoms with Crippen LogP contribution in [0.25, 0.3) is 6.08 Å². The third-order valence-corrected chi connectivity index (χ3v) is 4.28. The monoisotopic (exact) mass is 325 g/mol. The normalized spacial score (nSPS) is 11.8. The Kier molecular flexibility index (Phi) is 4.51. The molecule has 0 bridgehead atoms. The second-order valence-electron chi connectivity index (χ2n) is 2.66. The molecule has 2 N–H and O–H groups in total. The Balaban J connectivity index is 2.61. The fraction of sp³-hybridized carbons (Fsp3) is 0.125. The largest absolute Gasteiger partial charge is 0.420 e. The van der Waals surface area contributed by atoms with E-state index in [0.29, 0.717) is 0 Å². The van der Waals surface area contributed by atoms with Crippen LogP contribution in [0.2, 0.25) is 0 Å². The van der Waals surface area contributed by atoms with Gasteiger partial charge in [0.05, 0.1) is 0 Å². The number of hydrogen-bond donors (Lipinski definition) is 1. The quantitative estimate of drug-likeness (QED) is 0.857. The van der Waals surface area contributed by atoms with E-state index in [1.54, 1.807) is 6.08 Å². The number of amides is 1. The number of halogens is 1. The van der Waals surface area contributed by atoms with Gasteiger partial charge in [0.2, 0.25) is 0 Å². The van der Waals surface area contributed by atoms with Crippen LogP contribution in [0, 0.1) is 0 Å². The molecule has 1 aromatic heterocycles. The number of carbonyl (C=O) groups is 1. The number of carbonyl (C=O) groups excluding carboxylic acids is 1. The lowest BCUT2D eigenvalue weighted by Gasteiger charge is -1.98.